The molecule has 1 aliphatic heterocycles. The van der Waals surface area contributed by atoms with Crippen LogP contribution in [0.1, 0.15) is 55.4 Å². The molecule has 1 amide bonds. The molecule has 1 aromatic rings. The Labute approximate surface area is 124 Å². The number of aromatic nitrogens is 1. The summed E-state index contributed by atoms with van der Waals surface area (Å²) >= 11 is 0. The Balaban J connectivity index is 2.10. The molecule has 116 valence electrons. The standard InChI is InChI=1S/C15H22N2O4/c1-15(2,3)21-14(20)16-9-10-8-11(13(18)19)12-6-4-5-7-17(10)12/h8H,4-7,9H2,1-3H3,(H,16,20)(H,18,19). The number of alkyl carbamates (subject to hydrolysis) is 1. The number of carboxylic acid groups (broad SMARTS) is 1. The second-order valence-corrected chi connectivity index (χ2v) is 6.27. The molecule has 21 heavy (non-hydrogen) atoms. The van der Waals surface area contributed by atoms with Crippen molar-refractivity contribution in [2.45, 2.75) is 58.7 Å². The molecule has 0 unspecified atom stereocenters. The van der Waals surface area contributed by atoms with Crippen LogP contribution in [0.4, 0.5) is 4.79 Å². The molecule has 0 spiro atoms. The first-order chi connectivity index (χ1) is 9.78. The number of aromatic carboxylic acids is 1. The smallest absolute Gasteiger partial charge is 0.407 e. The first-order valence-electron chi connectivity index (χ1n) is 7.19. The summed E-state index contributed by atoms with van der Waals surface area (Å²) in [5.74, 6) is -0.913. The lowest BCUT2D eigenvalue weighted by molar-refractivity contribution is 0.0521. The van der Waals surface area contributed by atoms with Gasteiger partial charge in [-0.2, -0.15) is 0 Å². The van der Waals surface area contributed by atoms with E-state index in [0.717, 1.165) is 37.2 Å². The molecule has 6 heteroatoms. The van der Waals surface area contributed by atoms with E-state index < -0.39 is 17.7 Å². The van der Waals surface area contributed by atoms with Gasteiger partial charge in [0.05, 0.1) is 12.1 Å². The Morgan fingerprint density at radius 2 is 2.10 bits per heavy atom. The highest BCUT2D eigenvalue weighted by Crippen LogP contribution is 2.23. The van der Waals surface area contributed by atoms with Crippen LogP contribution in [0.2, 0.25) is 0 Å². The highest BCUT2D eigenvalue weighted by atomic mass is 16.6. The summed E-state index contributed by atoms with van der Waals surface area (Å²) in [5.41, 5.74) is 1.47. The largest absolute Gasteiger partial charge is 0.478 e. The minimum Gasteiger partial charge on any atom is -0.478 e. The van der Waals surface area contributed by atoms with Crippen molar-refractivity contribution in [1.29, 1.82) is 0 Å². The number of hydrogen-bond donors (Lipinski definition) is 2. The molecule has 0 saturated carbocycles. The minimum atomic E-state index is -0.913. The maximum atomic E-state index is 11.7. The third-order valence-corrected chi connectivity index (χ3v) is 3.38. The summed E-state index contributed by atoms with van der Waals surface area (Å²) in [7, 11) is 0. The SMILES string of the molecule is CC(C)(C)OC(=O)NCc1cc(C(=O)O)c2n1CCCC2. The lowest BCUT2D eigenvalue weighted by Crippen LogP contribution is -2.32. The molecule has 1 aliphatic rings. The van der Waals surface area contributed by atoms with Gasteiger partial charge in [-0.3, -0.25) is 0 Å². The van der Waals surface area contributed by atoms with Crippen LogP contribution >= 0.6 is 0 Å². The van der Waals surface area contributed by atoms with Crippen LogP contribution in [0, 0.1) is 0 Å². The van der Waals surface area contributed by atoms with Gasteiger partial charge in [0.15, 0.2) is 0 Å². The number of carbonyl (C=O) groups is 2. The van der Waals surface area contributed by atoms with Crippen LogP contribution in [0.5, 0.6) is 0 Å². The molecule has 0 atom stereocenters. The van der Waals surface area contributed by atoms with E-state index in [2.05, 4.69) is 5.32 Å². The lowest BCUT2D eigenvalue weighted by Gasteiger charge is -2.21. The van der Waals surface area contributed by atoms with Gasteiger partial charge in [-0.05, 0) is 46.1 Å². The lowest BCUT2D eigenvalue weighted by atomic mass is 10.1. The van der Waals surface area contributed by atoms with Crippen LogP contribution in [0.25, 0.3) is 0 Å². The maximum Gasteiger partial charge on any atom is 0.407 e. The number of hydrogen-bond acceptors (Lipinski definition) is 3. The van der Waals surface area contributed by atoms with E-state index in [0.29, 0.717) is 5.56 Å². The molecule has 0 bridgehead atoms. The summed E-state index contributed by atoms with van der Waals surface area (Å²) in [6, 6.07) is 1.65. The number of amides is 1. The van der Waals surface area contributed by atoms with Crippen LogP contribution in [0.3, 0.4) is 0 Å². The van der Waals surface area contributed by atoms with Gasteiger partial charge < -0.3 is 19.7 Å². The van der Waals surface area contributed by atoms with Gasteiger partial charge in [0.25, 0.3) is 0 Å². The van der Waals surface area contributed by atoms with Crippen molar-refractivity contribution in [3.63, 3.8) is 0 Å². The summed E-state index contributed by atoms with van der Waals surface area (Å²) in [4.78, 5) is 23.0. The number of ether oxygens (including phenoxy) is 1. The Bertz CT molecular complexity index is 555. The molecule has 2 rings (SSSR count). The third-order valence-electron chi connectivity index (χ3n) is 3.38. The van der Waals surface area contributed by atoms with E-state index in [1.807, 2.05) is 4.57 Å². The van der Waals surface area contributed by atoms with Crippen molar-refractivity contribution in [3.05, 3.63) is 23.0 Å². The van der Waals surface area contributed by atoms with Crippen molar-refractivity contribution >= 4 is 12.1 Å². The quantitative estimate of drug-likeness (QED) is 0.897. The minimum absolute atomic E-state index is 0.273. The summed E-state index contributed by atoms with van der Waals surface area (Å²) in [6.07, 6.45) is 2.31. The maximum absolute atomic E-state index is 11.7. The molecule has 6 nitrogen and oxygen atoms in total. The van der Waals surface area contributed by atoms with Crippen LogP contribution in [0.15, 0.2) is 6.07 Å². The molecule has 0 aromatic carbocycles. The van der Waals surface area contributed by atoms with E-state index in [4.69, 9.17) is 4.74 Å². The topological polar surface area (TPSA) is 80.6 Å². The number of rotatable bonds is 3. The van der Waals surface area contributed by atoms with E-state index in [1.165, 1.54) is 0 Å². The molecular weight excluding hydrogens is 272 g/mol. The molecule has 2 heterocycles. The first-order valence-corrected chi connectivity index (χ1v) is 7.19. The van der Waals surface area contributed by atoms with Crippen molar-refractivity contribution in [2.24, 2.45) is 0 Å². The molecule has 1 aromatic heterocycles. The molecule has 2 N–H and O–H groups in total. The molecular formula is C15H22N2O4. The molecule has 0 radical (unpaired) electrons. The normalized spacial score (nSPS) is 14.4. The summed E-state index contributed by atoms with van der Waals surface area (Å²) in [5, 5.41) is 11.9. The van der Waals surface area contributed by atoms with Crippen molar-refractivity contribution in [1.82, 2.24) is 9.88 Å². The van der Waals surface area contributed by atoms with Gasteiger partial charge in [0.1, 0.15) is 5.60 Å². The van der Waals surface area contributed by atoms with Crippen LogP contribution in [-0.4, -0.2) is 27.3 Å². The van der Waals surface area contributed by atoms with E-state index in [-0.39, 0.29) is 6.54 Å². The number of nitrogens with zero attached hydrogens (tertiary/aromatic N) is 1. The van der Waals surface area contributed by atoms with E-state index in [9.17, 15) is 14.7 Å². The predicted molar refractivity (Wildman–Crippen MR) is 77.4 cm³/mol. The predicted octanol–water partition coefficient (Wildman–Crippen LogP) is 2.55. The molecule has 0 fully saturated rings. The van der Waals surface area contributed by atoms with Crippen molar-refractivity contribution < 1.29 is 19.4 Å². The Morgan fingerprint density at radius 3 is 2.71 bits per heavy atom. The summed E-state index contributed by atoms with van der Waals surface area (Å²) in [6.45, 7) is 6.47. The number of fused-ring (bicyclic) bond motifs is 1. The monoisotopic (exact) mass is 294 g/mol. The number of carbonyl (C=O) groups excluding carboxylic acids is 1. The molecule has 0 aliphatic carbocycles. The van der Waals surface area contributed by atoms with Gasteiger partial charge in [0, 0.05) is 17.9 Å². The van der Waals surface area contributed by atoms with E-state index >= 15 is 0 Å². The second kappa shape index (κ2) is 5.79. The highest BCUT2D eigenvalue weighted by molar-refractivity contribution is 5.89. The third kappa shape index (κ3) is 3.77. The van der Waals surface area contributed by atoms with Crippen molar-refractivity contribution in [2.75, 3.05) is 0 Å². The Kier molecular flexibility index (Phi) is 4.25. The average Bonchev–Trinajstić information content (AvgIpc) is 2.73. The van der Waals surface area contributed by atoms with Crippen molar-refractivity contribution in [3.8, 4) is 0 Å². The van der Waals surface area contributed by atoms with Gasteiger partial charge in [-0.1, -0.05) is 0 Å². The Hall–Kier alpha value is -1.98. The van der Waals surface area contributed by atoms with Gasteiger partial charge in [-0.15, -0.1) is 0 Å². The zero-order valence-electron chi connectivity index (χ0n) is 12.7. The Morgan fingerprint density at radius 1 is 1.38 bits per heavy atom. The molecule has 0 saturated heterocycles. The highest BCUT2D eigenvalue weighted by Gasteiger charge is 2.22. The fourth-order valence-corrected chi connectivity index (χ4v) is 2.57. The van der Waals surface area contributed by atoms with Gasteiger partial charge in [-0.25, -0.2) is 9.59 Å². The zero-order chi connectivity index (χ0) is 15.6. The first kappa shape index (κ1) is 15.4. The van der Waals surface area contributed by atoms with Gasteiger partial charge >= 0.3 is 12.1 Å². The average molecular weight is 294 g/mol. The summed E-state index contributed by atoms with van der Waals surface area (Å²) < 4.78 is 7.19. The van der Waals surface area contributed by atoms with Gasteiger partial charge in [0.2, 0.25) is 0 Å². The van der Waals surface area contributed by atoms with Crippen LogP contribution < -0.4 is 5.32 Å². The number of carboxylic acids is 1. The number of nitrogens with one attached hydrogen (secondary N) is 1. The zero-order valence-corrected chi connectivity index (χ0v) is 12.7. The second-order valence-electron chi connectivity index (χ2n) is 6.27. The fraction of sp³-hybridized carbons (Fsp3) is 0.600. The van der Waals surface area contributed by atoms with Crippen LogP contribution in [-0.2, 0) is 24.2 Å². The fourth-order valence-electron chi connectivity index (χ4n) is 2.57. The van der Waals surface area contributed by atoms with E-state index in [1.54, 1.807) is 26.8 Å².